The lowest BCUT2D eigenvalue weighted by atomic mass is 10.3. The Hall–Kier alpha value is -3.48. The van der Waals surface area contributed by atoms with Crippen LogP contribution in [0.25, 0.3) is 16.7 Å². The molecule has 1 aromatic carbocycles. The third kappa shape index (κ3) is 2.23. The zero-order chi connectivity index (χ0) is 16.7. The molecule has 7 nitrogen and oxygen atoms in total. The molecule has 0 saturated carbocycles. The van der Waals surface area contributed by atoms with E-state index in [9.17, 15) is 9.59 Å². The number of imidazole rings is 1. The number of aryl methyl sites for hydroxylation is 1. The van der Waals surface area contributed by atoms with Crippen molar-refractivity contribution < 1.29 is 4.79 Å². The normalized spacial score (nSPS) is 11.0. The Kier molecular flexibility index (Phi) is 3.13. The number of carbonyl (C=O) groups excluding carboxylic acids is 1. The van der Waals surface area contributed by atoms with Crippen LogP contribution in [-0.4, -0.2) is 25.0 Å². The van der Waals surface area contributed by atoms with Gasteiger partial charge < -0.3 is 0 Å². The standard InChI is InChI=1S/C17H13N5O2/c1-11-6-7-15-18-8-12(17(24)21(15)9-11)16(23)20-22-10-19-13-4-2-3-5-14(13)22/h2-10H,1H3,(H,20,23). The number of carbonyl (C=O) groups is 1. The number of nitrogens with one attached hydrogen (secondary N) is 1. The first-order valence-corrected chi connectivity index (χ1v) is 7.35. The lowest BCUT2D eigenvalue weighted by Crippen LogP contribution is -2.30. The summed E-state index contributed by atoms with van der Waals surface area (Å²) in [5, 5.41) is 0. The minimum Gasteiger partial charge on any atom is -0.268 e. The van der Waals surface area contributed by atoms with E-state index in [-0.39, 0.29) is 5.56 Å². The number of rotatable bonds is 2. The molecule has 0 fully saturated rings. The summed E-state index contributed by atoms with van der Waals surface area (Å²) in [6, 6.07) is 11.0. The van der Waals surface area contributed by atoms with Crippen molar-refractivity contribution in [3.8, 4) is 0 Å². The minimum atomic E-state index is -0.536. The largest absolute Gasteiger partial charge is 0.277 e. The highest BCUT2D eigenvalue weighted by molar-refractivity contribution is 6.00. The number of nitrogens with zero attached hydrogens (tertiary/aromatic N) is 4. The molecule has 4 aromatic rings. The molecule has 3 aromatic heterocycles. The van der Waals surface area contributed by atoms with Crippen molar-refractivity contribution >= 4 is 22.6 Å². The average molecular weight is 319 g/mol. The fourth-order valence-corrected chi connectivity index (χ4v) is 2.56. The summed E-state index contributed by atoms with van der Waals surface area (Å²) in [7, 11) is 0. The van der Waals surface area contributed by atoms with Crippen LogP contribution in [0.15, 0.2) is 59.9 Å². The van der Waals surface area contributed by atoms with Gasteiger partial charge in [0.1, 0.15) is 17.5 Å². The Morgan fingerprint density at radius 1 is 1.12 bits per heavy atom. The number of pyridine rings is 1. The van der Waals surface area contributed by atoms with Crippen molar-refractivity contribution in [2.24, 2.45) is 0 Å². The molecule has 0 aliphatic carbocycles. The summed E-state index contributed by atoms with van der Waals surface area (Å²) in [6.45, 7) is 1.87. The van der Waals surface area contributed by atoms with E-state index in [0.717, 1.165) is 16.6 Å². The van der Waals surface area contributed by atoms with Gasteiger partial charge in [0.15, 0.2) is 0 Å². The van der Waals surface area contributed by atoms with Crippen LogP contribution in [0.5, 0.6) is 0 Å². The second-order valence-electron chi connectivity index (χ2n) is 5.46. The van der Waals surface area contributed by atoms with Crippen LogP contribution in [0, 0.1) is 6.92 Å². The van der Waals surface area contributed by atoms with E-state index in [1.54, 1.807) is 12.3 Å². The van der Waals surface area contributed by atoms with Gasteiger partial charge in [-0.05, 0) is 30.7 Å². The number of hydrogen-bond acceptors (Lipinski definition) is 4. The van der Waals surface area contributed by atoms with E-state index in [1.165, 1.54) is 21.6 Å². The fraction of sp³-hybridized carbons (Fsp3) is 0.0588. The number of fused-ring (bicyclic) bond motifs is 2. The van der Waals surface area contributed by atoms with Gasteiger partial charge >= 0.3 is 0 Å². The van der Waals surface area contributed by atoms with E-state index in [1.807, 2.05) is 37.3 Å². The molecule has 0 aliphatic rings. The zero-order valence-corrected chi connectivity index (χ0v) is 12.8. The first-order valence-electron chi connectivity index (χ1n) is 7.35. The van der Waals surface area contributed by atoms with Gasteiger partial charge in [-0.15, -0.1) is 0 Å². The second kappa shape index (κ2) is 5.31. The molecule has 24 heavy (non-hydrogen) atoms. The molecule has 0 unspecified atom stereocenters. The molecular formula is C17H13N5O2. The molecular weight excluding hydrogens is 306 g/mol. The van der Waals surface area contributed by atoms with Crippen LogP contribution in [0.2, 0.25) is 0 Å². The number of amides is 1. The lowest BCUT2D eigenvalue weighted by molar-refractivity contribution is 0.101. The van der Waals surface area contributed by atoms with Crippen LogP contribution < -0.4 is 11.0 Å². The topological polar surface area (TPSA) is 81.3 Å². The molecule has 0 radical (unpaired) electrons. The van der Waals surface area contributed by atoms with Crippen molar-refractivity contribution in [2.45, 2.75) is 6.92 Å². The minimum absolute atomic E-state index is 0.0316. The molecule has 1 N–H and O–H groups in total. The molecule has 1 amide bonds. The van der Waals surface area contributed by atoms with E-state index in [2.05, 4.69) is 15.4 Å². The first kappa shape index (κ1) is 14.1. The van der Waals surface area contributed by atoms with Crippen molar-refractivity contribution in [3.63, 3.8) is 0 Å². The zero-order valence-electron chi connectivity index (χ0n) is 12.8. The Morgan fingerprint density at radius 2 is 1.96 bits per heavy atom. The fourth-order valence-electron chi connectivity index (χ4n) is 2.56. The molecule has 0 aliphatic heterocycles. The second-order valence-corrected chi connectivity index (χ2v) is 5.46. The van der Waals surface area contributed by atoms with Crippen LogP contribution in [0.4, 0.5) is 0 Å². The van der Waals surface area contributed by atoms with Crippen LogP contribution in [0.1, 0.15) is 15.9 Å². The number of aromatic nitrogens is 4. The van der Waals surface area contributed by atoms with E-state index < -0.39 is 11.5 Å². The van der Waals surface area contributed by atoms with Gasteiger partial charge in [-0.25, -0.2) is 14.6 Å². The Labute approximate surface area is 136 Å². The molecule has 118 valence electrons. The summed E-state index contributed by atoms with van der Waals surface area (Å²) in [4.78, 5) is 33.4. The summed E-state index contributed by atoms with van der Waals surface area (Å²) in [5.41, 5.74) is 5.12. The molecule has 4 rings (SSSR count). The Morgan fingerprint density at radius 3 is 2.83 bits per heavy atom. The van der Waals surface area contributed by atoms with Gasteiger partial charge in [0.2, 0.25) is 0 Å². The maximum Gasteiger partial charge on any atom is 0.277 e. The van der Waals surface area contributed by atoms with E-state index in [0.29, 0.717) is 5.65 Å². The number of hydrogen-bond donors (Lipinski definition) is 1. The predicted octanol–water partition coefficient (Wildman–Crippen LogP) is 1.74. The molecule has 0 spiro atoms. The van der Waals surface area contributed by atoms with Gasteiger partial charge in [0, 0.05) is 12.4 Å². The van der Waals surface area contributed by atoms with E-state index >= 15 is 0 Å². The van der Waals surface area contributed by atoms with Crippen LogP contribution in [-0.2, 0) is 0 Å². The quantitative estimate of drug-likeness (QED) is 0.610. The Balaban J connectivity index is 1.76. The van der Waals surface area contributed by atoms with Crippen molar-refractivity contribution in [2.75, 3.05) is 5.43 Å². The molecule has 0 bridgehead atoms. The van der Waals surface area contributed by atoms with Crippen molar-refractivity contribution in [1.29, 1.82) is 0 Å². The number of para-hydroxylation sites is 2. The maximum atomic E-state index is 12.6. The van der Waals surface area contributed by atoms with E-state index in [4.69, 9.17) is 0 Å². The Bertz CT molecular complexity index is 1140. The number of benzene rings is 1. The summed E-state index contributed by atoms with van der Waals surface area (Å²) in [6.07, 6.45) is 4.45. The van der Waals surface area contributed by atoms with Crippen molar-refractivity contribution in [3.05, 3.63) is 76.6 Å². The van der Waals surface area contributed by atoms with Gasteiger partial charge in [-0.1, -0.05) is 18.2 Å². The summed E-state index contributed by atoms with van der Waals surface area (Å²) < 4.78 is 2.86. The van der Waals surface area contributed by atoms with Gasteiger partial charge in [0.25, 0.3) is 11.5 Å². The van der Waals surface area contributed by atoms with Crippen LogP contribution >= 0.6 is 0 Å². The lowest BCUT2D eigenvalue weighted by Gasteiger charge is -2.08. The third-order valence-electron chi connectivity index (χ3n) is 3.77. The van der Waals surface area contributed by atoms with Gasteiger partial charge in [0.05, 0.1) is 11.0 Å². The van der Waals surface area contributed by atoms with Crippen LogP contribution in [0.3, 0.4) is 0 Å². The highest BCUT2D eigenvalue weighted by Gasteiger charge is 2.14. The smallest absolute Gasteiger partial charge is 0.268 e. The molecule has 7 heteroatoms. The first-order chi connectivity index (χ1) is 11.6. The van der Waals surface area contributed by atoms with Gasteiger partial charge in [-0.2, -0.15) is 0 Å². The SMILES string of the molecule is Cc1ccc2ncc(C(=O)Nn3cnc4ccccc43)c(=O)n2c1. The highest BCUT2D eigenvalue weighted by Crippen LogP contribution is 2.10. The van der Waals surface area contributed by atoms with Gasteiger partial charge in [-0.3, -0.25) is 19.4 Å². The summed E-state index contributed by atoms with van der Waals surface area (Å²) in [5.74, 6) is -0.536. The maximum absolute atomic E-state index is 12.6. The van der Waals surface area contributed by atoms with Crippen molar-refractivity contribution in [1.82, 2.24) is 19.0 Å². The molecule has 0 saturated heterocycles. The highest BCUT2D eigenvalue weighted by atomic mass is 16.2. The molecule has 0 atom stereocenters. The molecule has 3 heterocycles. The summed E-state index contributed by atoms with van der Waals surface area (Å²) >= 11 is 0. The predicted molar refractivity (Wildman–Crippen MR) is 89.6 cm³/mol. The average Bonchev–Trinajstić information content (AvgIpc) is 2.99. The third-order valence-corrected chi connectivity index (χ3v) is 3.77. The monoisotopic (exact) mass is 319 g/mol.